The van der Waals surface area contributed by atoms with Crippen LogP contribution in [0.3, 0.4) is 0 Å². The Hall–Kier alpha value is -1.86. The van der Waals surface area contributed by atoms with Gasteiger partial charge in [-0.1, -0.05) is 302 Å². The molecule has 1 aliphatic rings. The minimum absolute atomic E-state index is 0.205. The van der Waals surface area contributed by atoms with Crippen molar-refractivity contribution in [3.63, 3.8) is 0 Å². The molecule has 0 aromatic heterocycles. The van der Waals surface area contributed by atoms with Gasteiger partial charge >= 0.3 is 23.9 Å². The predicted octanol–water partition coefficient (Wildman–Crippen LogP) is 17.8. The smallest absolute Gasteiger partial charge is 0.307 e. The lowest BCUT2D eigenvalue weighted by atomic mass is 10.1. The van der Waals surface area contributed by atoms with Crippen molar-refractivity contribution in [1.29, 1.82) is 0 Å². The van der Waals surface area contributed by atoms with E-state index >= 15 is 0 Å². The number of hydrogen-bond donors (Lipinski definition) is 2. The second-order valence-corrected chi connectivity index (χ2v) is 29.9. The minimum Gasteiger partial charge on any atom is -0.466 e. The summed E-state index contributed by atoms with van der Waals surface area (Å²) >= 11 is 0. The Kier molecular flexibility index (Phi) is 62.4. The number of unbranched alkanes of at least 4 members (excludes halogenated alkanes) is 36. The monoisotopic (exact) mass is 1320 g/mol. The normalized spacial score (nSPS) is 14.2. The zero-order valence-electron chi connectivity index (χ0n) is 56.8. The fourth-order valence-electron chi connectivity index (χ4n) is 10.7. The van der Waals surface area contributed by atoms with E-state index in [1.165, 1.54) is 227 Å². The highest BCUT2D eigenvalue weighted by molar-refractivity contribution is 8.77. The molecule has 516 valence electrons. The lowest BCUT2D eigenvalue weighted by Crippen LogP contribution is -2.63. The third-order valence-corrected chi connectivity index (χ3v) is 21.2. The number of piperazine rings is 1. The molecule has 2 N–H and O–H groups in total. The van der Waals surface area contributed by atoms with E-state index in [0.29, 0.717) is 88.7 Å². The van der Waals surface area contributed by atoms with Crippen molar-refractivity contribution >= 4 is 78.9 Å². The van der Waals surface area contributed by atoms with Gasteiger partial charge in [0.1, 0.15) is 12.1 Å². The Morgan fingerprint density at radius 3 is 0.727 bits per heavy atom. The lowest BCUT2D eigenvalue weighted by molar-refractivity contribution is -0.146. The largest absolute Gasteiger partial charge is 0.466 e. The van der Waals surface area contributed by atoms with Gasteiger partial charge in [-0.25, -0.2) is 0 Å². The zero-order chi connectivity index (χ0) is 63.9. The molecule has 0 aromatic rings. The zero-order valence-corrected chi connectivity index (χ0v) is 60.0. The van der Waals surface area contributed by atoms with Crippen molar-refractivity contribution in [2.45, 2.75) is 322 Å². The van der Waals surface area contributed by atoms with Gasteiger partial charge in [0.2, 0.25) is 11.8 Å². The summed E-state index contributed by atoms with van der Waals surface area (Å²) in [5, 5.41) is 5.87. The molecule has 0 aromatic carbocycles. The molecule has 1 heterocycles. The van der Waals surface area contributed by atoms with E-state index in [-0.39, 0.29) is 61.4 Å². The number of amides is 2. The van der Waals surface area contributed by atoms with E-state index in [2.05, 4.69) is 48.1 Å². The summed E-state index contributed by atoms with van der Waals surface area (Å²) in [5.74, 6) is 0.950. The number of ether oxygens (including phenoxy) is 4. The maximum atomic E-state index is 13.2. The van der Waals surface area contributed by atoms with Crippen LogP contribution in [0.2, 0.25) is 0 Å². The molecule has 18 heteroatoms. The maximum absolute atomic E-state index is 13.2. The van der Waals surface area contributed by atoms with Crippen molar-refractivity contribution in [2.24, 2.45) is 0 Å². The van der Waals surface area contributed by atoms with Gasteiger partial charge in [0.25, 0.3) is 0 Å². The molecule has 0 bridgehead atoms. The molecule has 1 aliphatic heterocycles. The van der Waals surface area contributed by atoms with Crippen molar-refractivity contribution in [3.05, 3.63) is 0 Å². The second kappa shape index (κ2) is 65.2. The van der Waals surface area contributed by atoms with Crippen LogP contribution in [0.4, 0.5) is 0 Å². The standard InChI is InChI=1S/C70H132N4O10S4/c1-5-9-13-17-21-25-29-33-37-41-55-81-65(75)45-49-73(50-46-66(76)82-56-42-38-34-30-26-22-18-14-10-6-2)53-59-85-87-61-63-69(79)72-64(70(80)71-63)62-88-86-60-54-74(51-47-67(77)83-57-43-39-35-31-27-23-19-15-11-7-3)52-48-68(78)84-58-44-40-36-32-28-24-20-16-12-8-4/h63-64H,5-62H2,1-4H3,(H,71,80)(H,72,79). The SMILES string of the molecule is CCCCCCCCCCCCOC(=O)CCN(CCSSCC1NC(=O)C(CSSCCN(CCC(=O)OCCCCCCCCCCCC)CCC(=O)OCCCCCCCCCCCC)NC1=O)CCC(=O)OCCCCCCCCCCCC. The molecule has 1 rings (SSSR count). The molecule has 2 atom stereocenters. The van der Waals surface area contributed by atoms with Gasteiger partial charge in [-0.05, 0) is 25.7 Å². The fraction of sp³-hybridized carbons (Fsp3) is 0.914. The quantitative estimate of drug-likeness (QED) is 0.0255. The summed E-state index contributed by atoms with van der Waals surface area (Å²) in [6.45, 7) is 14.0. The summed E-state index contributed by atoms with van der Waals surface area (Å²) in [4.78, 5) is 81.9. The van der Waals surface area contributed by atoms with Crippen LogP contribution < -0.4 is 10.6 Å². The summed E-state index contributed by atoms with van der Waals surface area (Å²) in [7, 11) is 6.26. The van der Waals surface area contributed by atoms with E-state index < -0.39 is 12.1 Å². The van der Waals surface area contributed by atoms with Crippen molar-refractivity contribution in [3.8, 4) is 0 Å². The molecular weight excluding hydrogens is 1190 g/mol. The highest BCUT2D eigenvalue weighted by atomic mass is 33.1. The van der Waals surface area contributed by atoms with Crippen LogP contribution in [-0.4, -0.2) is 146 Å². The fourth-order valence-corrected chi connectivity index (χ4v) is 15.0. The van der Waals surface area contributed by atoms with Crippen molar-refractivity contribution in [1.82, 2.24) is 20.4 Å². The molecule has 14 nitrogen and oxygen atoms in total. The molecule has 88 heavy (non-hydrogen) atoms. The number of carbonyl (C=O) groups excluding carboxylic acids is 6. The predicted molar refractivity (Wildman–Crippen MR) is 376 cm³/mol. The molecule has 0 saturated carbocycles. The highest BCUT2D eigenvalue weighted by Crippen LogP contribution is 2.26. The Morgan fingerprint density at radius 1 is 0.307 bits per heavy atom. The second-order valence-electron chi connectivity index (χ2n) is 24.6. The molecule has 2 amide bonds. The number of nitrogens with one attached hydrogen (secondary N) is 2. The Morgan fingerprint density at radius 2 is 0.511 bits per heavy atom. The van der Waals surface area contributed by atoms with E-state index in [4.69, 9.17) is 18.9 Å². The molecule has 2 unspecified atom stereocenters. The lowest BCUT2D eigenvalue weighted by Gasteiger charge is -2.29. The van der Waals surface area contributed by atoms with Crippen molar-refractivity contribution < 1.29 is 47.7 Å². The summed E-state index contributed by atoms with van der Waals surface area (Å²) < 4.78 is 22.4. The van der Waals surface area contributed by atoms with Gasteiger partial charge in [0.15, 0.2) is 0 Å². The van der Waals surface area contributed by atoms with E-state index in [0.717, 1.165) is 51.4 Å². The topological polar surface area (TPSA) is 170 Å². The van der Waals surface area contributed by atoms with Crippen molar-refractivity contribution in [2.75, 3.05) is 88.7 Å². The number of rotatable bonds is 68. The number of hydrogen-bond acceptors (Lipinski definition) is 16. The molecular formula is C70H132N4O10S4. The third-order valence-electron chi connectivity index (χ3n) is 16.5. The Bertz CT molecular complexity index is 1460. The number of carbonyl (C=O) groups is 6. The molecule has 0 aliphatic carbocycles. The van der Waals surface area contributed by atoms with Crippen LogP contribution >= 0.6 is 43.2 Å². The average molecular weight is 1320 g/mol. The van der Waals surface area contributed by atoms with E-state index in [1.807, 2.05) is 0 Å². The molecule has 1 saturated heterocycles. The number of esters is 4. The summed E-state index contributed by atoms with van der Waals surface area (Å²) in [5.41, 5.74) is 0. The van der Waals surface area contributed by atoms with Gasteiger partial charge in [0, 0.05) is 62.3 Å². The van der Waals surface area contributed by atoms with Crippen LogP contribution in [0.1, 0.15) is 310 Å². The highest BCUT2D eigenvalue weighted by Gasteiger charge is 2.33. The first-order valence-corrected chi connectivity index (χ1v) is 41.3. The summed E-state index contributed by atoms with van der Waals surface area (Å²) in [6, 6.07) is -1.30. The first-order valence-electron chi connectivity index (χ1n) is 36.3. The van der Waals surface area contributed by atoms with E-state index in [1.54, 1.807) is 21.6 Å². The first-order chi connectivity index (χ1) is 43.1. The minimum atomic E-state index is -0.651. The van der Waals surface area contributed by atoms with Gasteiger partial charge in [-0.3, -0.25) is 28.8 Å². The summed E-state index contributed by atoms with van der Waals surface area (Å²) in [6.07, 6.45) is 49.9. The van der Waals surface area contributed by atoms with Gasteiger partial charge in [-0.15, -0.1) is 0 Å². The van der Waals surface area contributed by atoms with Gasteiger partial charge in [0.05, 0.1) is 52.1 Å². The Labute approximate surface area is 554 Å². The van der Waals surface area contributed by atoms with Crippen LogP contribution in [-0.2, 0) is 47.7 Å². The number of nitrogens with zero attached hydrogens (tertiary/aromatic N) is 2. The van der Waals surface area contributed by atoms with Gasteiger partial charge in [-0.2, -0.15) is 0 Å². The average Bonchev–Trinajstić information content (AvgIpc) is 2.91. The molecule has 0 spiro atoms. The van der Waals surface area contributed by atoms with Crippen LogP contribution in [0.25, 0.3) is 0 Å². The maximum Gasteiger partial charge on any atom is 0.307 e. The van der Waals surface area contributed by atoms with Crippen LogP contribution in [0, 0.1) is 0 Å². The molecule has 1 fully saturated rings. The first kappa shape index (κ1) is 84.2. The van der Waals surface area contributed by atoms with Crippen LogP contribution in [0.5, 0.6) is 0 Å². The van der Waals surface area contributed by atoms with Crippen LogP contribution in [0.15, 0.2) is 0 Å². The van der Waals surface area contributed by atoms with E-state index in [9.17, 15) is 28.8 Å². The Balaban J connectivity index is 2.56. The third kappa shape index (κ3) is 55.7. The molecule has 0 radical (unpaired) electrons. The van der Waals surface area contributed by atoms with Gasteiger partial charge < -0.3 is 39.4 Å².